The molecule has 0 saturated carbocycles. The monoisotopic (exact) mass is 204 g/mol. The van der Waals surface area contributed by atoms with Crippen LogP contribution in [-0.4, -0.2) is 13.2 Å². The summed E-state index contributed by atoms with van der Waals surface area (Å²) in [6.45, 7) is 0. The van der Waals surface area contributed by atoms with Crippen LogP contribution in [0.2, 0.25) is 0 Å². The van der Waals surface area contributed by atoms with Gasteiger partial charge in [0, 0.05) is 0 Å². The van der Waals surface area contributed by atoms with Crippen LogP contribution >= 0.6 is 0 Å². The molecular formula is C13H16O2. The van der Waals surface area contributed by atoms with Crippen molar-refractivity contribution >= 4 is 0 Å². The maximum absolute atomic E-state index is 5.87. The van der Waals surface area contributed by atoms with Crippen molar-refractivity contribution in [3.05, 3.63) is 36.4 Å². The Kier molecular flexibility index (Phi) is 3.28. The Morgan fingerprint density at radius 3 is 2.67 bits per heavy atom. The Hall–Kier alpha value is -1.44. The third-order valence-electron chi connectivity index (χ3n) is 2.56. The van der Waals surface area contributed by atoms with Gasteiger partial charge in [0.25, 0.3) is 0 Å². The van der Waals surface area contributed by atoms with Crippen LogP contribution < -0.4 is 9.47 Å². The largest absolute Gasteiger partial charge is 0.493 e. The first-order chi connectivity index (χ1) is 7.40. The first-order valence-electron chi connectivity index (χ1n) is 5.36. The summed E-state index contributed by atoms with van der Waals surface area (Å²) < 4.78 is 11.1. The predicted octanol–water partition coefficient (Wildman–Crippen LogP) is 3.18. The van der Waals surface area contributed by atoms with Crippen molar-refractivity contribution in [3.63, 3.8) is 0 Å². The van der Waals surface area contributed by atoms with Crippen molar-refractivity contribution in [2.45, 2.75) is 25.4 Å². The first kappa shape index (κ1) is 10.1. The van der Waals surface area contributed by atoms with Gasteiger partial charge < -0.3 is 9.47 Å². The zero-order valence-electron chi connectivity index (χ0n) is 8.98. The highest BCUT2D eigenvalue weighted by atomic mass is 16.5. The Labute approximate surface area is 90.5 Å². The van der Waals surface area contributed by atoms with Crippen LogP contribution in [0, 0.1) is 0 Å². The highest BCUT2D eigenvalue weighted by Crippen LogP contribution is 2.28. The van der Waals surface area contributed by atoms with E-state index in [1.54, 1.807) is 7.11 Å². The standard InChI is InChI=1S/C13H16O2/c1-14-12-9-5-6-10-13(12)15-11-7-3-2-4-8-11/h3,5-7,9-11H,2,4,8H2,1H3/t11-/m0/s1. The molecule has 0 aromatic heterocycles. The van der Waals surface area contributed by atoms with Gasteiger partial charge in [0.15, 0.2) is 11.5 Å². The topological polar surface area (TPSA) is 18.5 Å². The summed E-state index contributed by atoms with van der Waals surface area (Å²) in [5.74, 6) is 1.63. The second kappa shape index (κ2) is 4.87. The van der Waals surface area contributed by atoms with E-state index in [1.165, 1.54) is 12.8 Å². The molecule has 15 heavy (non-hydrogen) atoms. The summed E-state index contributed by atoms with van der Waals surface area (Å²) in [5.41, 5.74) is 0. The summed E-state index contributed by atoms with van der Waals surface area (Å²) in [5, 5.41) is 0. The van der Waals surface area contributed by atoms with E-state index in [0.717, 1.165) is 17.9 Å². The van der Waals surface area contributed by atoms with E-state index in [-0.39, 0.29) is 6.10 Å². The Balaban J connectivity index is 2.09. The molecule has 80 valence electrons. The van der Waals surface area contributed by atoms with Gasteiger partial charge in [0.05, 0.1) is 7.11 Å². The minimum Gasteiger partial charge on any atom is -0.493 e. The molecule has 1 aromatic rings. The molecular weight excluding hydrogens is 188 g/mol. The Morgan fingerprint density at radius 1 is 1.20 bits per heavy atom. The van der Waals surface area contributed by atoms with Crippen molar-refractivity contribution in [1.29, 1.82) is 0 Å². The van der Waals surface area contributed by atoms with Gasteiger partial charge >= 0.3 is 0 Å². The minimum atomic E-state index is 0.204. The van der Waals surface area contributed by atoms with E-state index in [1.807, 2.05) is 24.3 Å². The fraction of sp³-hybridized carbons (Fsp3) is 0.385. The number of benzene rings is 1. The lowest BCUT2D eigenvalue weighted by molar-refractivity contribution is 0.219. The van der Waals surface area contributed by atoms with Crippen molar-refractivity contribution in [2.75, 3.05) is 7.11 Å². The molecule has 0 bridgehead atoms. The molecule has 1 atom stereocenters. The van der Waals surface area contributed by atoms with E-state index >= 15 is 0 Å². The van der Waals surface area contributed by atoms with Crippen LogP contribution in [0.15, 0.2) is 36.4 Å². The molecule has 2 heteroatoms. The molecule has 0 saturated heterocycles. The van der Waals surface area contributed by atoms with Crippen LogP contribution in [0.4, 0.5) is 0 Å². The van der Waals surface area contributed by atoms with Crippen LogP contribution in [0.5, 0.6) is 11.5 Å². The lowest BCUT2D eigenvalue weighted by Gasteiger charge is -2.19. The highest BCUT2D eigenvalue weighted by Gasteiger charge is 2.12. The lowest BCUT2D eigenvalue weighted by atomic mass is 10.1. The smallest absolute Gasteiger partial charge is 0.162 e. The molecule has 1 aliphatic carbocycles. The van der Waals surface area contributed by atoms with E-state index in [9.17, 15) is 0 Å². The molecule has 0 N–H and O–H groups in total. The Bertz CT molecular complexity index is 344. The van der Waals surface area contributed by atoms with Crippen LogP contribution in [0.1, 0.15) is 19.3 Å². The molecule has 0 spiro atoms. The van der Waals surface area contributed by atoms with Crippen LogP contribution in [-0.2, 0) is 0 Å². The van der Waals surface area contributed by atoms with Crippen molar-refractivity contribution in [3.8, 4) is 11.5 Å². The maximum atomic E-state index is 5.87. The predicted molar refractivity (Wildman–Crippen MR) is 60.4 cm³/mol. The Morgan fingerprint density at radius 2 is 2.00 bits per heavy atom. The number of hydrogen-bond acceptors (Lipinski definition) is 2. The van der Waals surface area contributed by atoms with Gasteiger partial charge in [-0.25, -0.2) is 0 Å². The molecule has 2 rings (SSSR count). The van der Waals surface area contributed by atoms with Crippen molar-refractivity contribution in [2.24, 2.45) is 0 Å². The zero-order chi connectivity index (χ0) is 10.5. The second-order valence-corrected chi connectivity index (χ2v) is 3.67. The van der Waals surface area contributed by atoms with Gasteiger partial charge in [-0.15, -0.1) is 0 Å². The molecule has 0 heterocycles. The summed E-state index contributed by atoms with van der Waals surface area (Å²) in [4.78, 5) is 0. The zero-order valence-corrected chi connectivity index (χ0v) is 8.98. The fourth-order valence-corrected chi connectivity index (χ4v) is 1.76. The summed E-state index contributed by atoms with van der Waals surface area (Å²) >= 11 is 0. The van der Waals surface area contributed by atoms with Gasteiger partial charge in [-0.05, 0) is 37.5 Å². The molecule has 0 aliphatic heterocycles. The number of hydrogen-bond donors (Lipinski definition) is 0. The SMILES string of the molecule is COc1ccccc1O[C@H]1C=CCCC1. The van der Waals surface area contributed by atoms with Gasteiger partial charge in [-0.3, -0.25) is 0 Å². The molecule has 0 amide bonds. The maximum Gasteiger partial charge on any atom is 0.162 e. The lowest BCUT2D eigenvalue weighted by Crippen LogP contribution is -2.15. The van der Waals surface area contributed by atoms with Gasteiger partial charge in [-0.2, -0.15) is 0 Å². The average molecular weight is 204 g/mol. The average Bonchev–Trinajstić information content (AvgIpc) is 2.31. The normalized spacial score (nSPS) is 19.9. The van der Waals surface area contributed by atoms with Crippen LogP contribution in [0.25, 0.3) is 0 Å². The molecule has 0 radical (unpaired) electrons. The number of para-hydroxylation sites is 2. The minimum absolute atomic E-state index is 0.204. The highest BCUT2D eigenvalue weighted by molar-refractivity contribution is 5.39. The summed E-state index contributed by atoms with van der Waals surface area (Å²) in [6.07, 6.45) is 7.99. The number of allylic oxidation sites excluding steroid dienone is 1. The van der Waals surface area contributed by atoms with Gasteiger partial charge in [-0.1, -0.05) is 18.2 Å². The molecule has 1 aliphatic rings. The van der Waals surface area contributed by atoms with E-state index in [4.69, 9.17) is 9.47 Å². The third kappa shape index (κ3) is 2.52. The quantitative estimate of drug-likeness (QED) is 0.704. The van der Waals surface area contributed by atoms with Gasteiger partial charge in [0.1, 0.15) is 6.10 Å². The van der Waals surface area contributed by atoms with Crippen molar-refractivity contribution < 1.29 is 9.47 Å². The fourth-order valence-electron chi connectivity index (χ4n) is 1.76. The third-order valence-corrected chi connectivity index (χ3v) is 2.56. The molecule has 0 unspecified atom stereocenters. The summed E-state index contributed by atoms with van der Waals surface area (Å²) in [6, 6.07) is 7.77. The number of methoxy groups -OCH3 is 1. The second-order valence-electron chi connectivity index (χ2n) is 3.67. The van der Waals surface area contributed by atoms with E-state index in [2.05, 4.69) is 12.2 Å². The van der Waals surface area contributed by atoms with E-state index < -0.39 is 0 Å². The van der Waals surface area contributed by atoms with Gasteiger partial charge in [0.2, 0.25) is 0 Å². The van der Waals surface area contributed by atoms with E-state index in [0.29, 0.717) is 0 Å². The number of ether oxygens (including phenoxy) is 2. The molecule has 0 fully saturated rings. The molecule has 2 nitrogen and oxygen atoms in total. The molecule has 1 aromatic carbocycles. The first-order valence-corrected chi connectivity index (χ1v) is 5.36. The van der Waals surface area contributed by atoms with Crippen molar-refractivity contribution in [1.82, 2.24) is 0 Å². The van der Waals surface area contributed by atoms with Crippen LogP contribution in [0.3, 0.4) is 0 Å². The summed E-state index contributed by atoms with van der Waals surface area (Å²) in [7, 11) is 1.67. The number of rotatable bonds is 3.